The van der Waals surface area contributed by atoms with Crippen molar-refractivity contribution >= 4 is 22.6 Å². The summed E-state index contributed by atoms with van der Waals surface area (Å²) in [7, 11) is 0. The minimum atomic E-state index is -0.542. The summed E-state index contributed by atoms with van der Waals surface area (Å²) in [6.45, 7) is 11.4. The average Bonchev–Trinajstić information content (AvgIpc) is 3.56. The van der Waals surface area contributed by atoms with Crippen molar-refractivity contribution in [2.45, 2.75) is 47.1 Å². The van der Waals surface area contributed by atoms with Gasteiger partial charge in [0.1, 0.15) is 5.58 Å². The third-order valence-electron chi connectivity index (χ3n) is 9.19. The molecule has 4 aromatic carbocycles. The van der Waals surface area contributed by atoms with Crippen LogP contribution in [0.1, 0.15) is 49.5 Å². The number of fused-ring (bicyclic) bond motifs is 2. The molecule has 6 aromatic rings. The molecule has 0 unspecified atom stereocenters. The highest BCUT2D eigenvalue weighted by atomic mass is 16.3. The number of nitrogens with zero attached hydrogens (tertiary/aromatic N) is 5. The molecule has 1 aliphatic heterocycles. The number of nitrogens with one attached hydrogen (secondary N) is 1. The van der Waals surface area contributed by atoms with Gasteiger partial charge in [0, 0.05) is 31.3 Å². The van der Waals surface area contributed by atoms with Crippen molar-refractivity contribution in [3.05, 3.63) is 134 Å². The van der Waals surface area contributed by atoms with Crippen LogP contribution in [0, 0.1) is 27.7 Å². The maximum Gasteiger partial charge on any atom is 0.291 e. The van der Waals surface area contributed by atoms with Gasteiger partial charge in [0.15, 0.2) is 11.2 Å². The van der Waals surface area contributed by atoms with Crippen LogP contribution < -0.4 is 10.7 Å². The van der Waals surface area contributed by atoms with Gasteiger partial charge in [-0.1, -0.05) is 36.4 Å². The van der Waals surface area contributed by atoms with Gasteiger partial charge < -0.3 is 9.73 Å². The summed E-state index contributed by atoms with van der Waals surface area (Å²) in [5.74, 6) is -0.257. The molecule has 9 heteroatoms. The Hall–Kier alpha value is -5.41. The highest BCUT2D eigenvalue weighted by molar-refractivity contribution is 6.05. The maximum atomic E-state index is 13.3. The monoisotopic (exact) mass is 624 g/mol. The number of para-hydroxylation sites is 1. The van der Waals surface area contributed by atoms with Gasteiger partial charge in [-0.3, -0.25) is 14.5 Å². The number of hydrogen-bond acceptors (Lipinski definition) is 7. The van der Waals surface area contributed by atoms with E-state index < -0.39 is 5.91 Å². The van der Waals surface area contributed by atoms with E-state index in [-0.39, 0.29) is 11.2 Å². The van der Waals surface area contributed by atoms with Crippen LogP contribution >= 0.6 is 0 Å². The van der Waals surface area contributed by atoms with Gasteiger partial charge in [0.05, 0.1) is 16.8 Å². The van der Waals surface area contributed by atoms with Crippen molar-refractivity contribution in [2.24, 2.45) is 0 Å². The van der Waals surface area contributed by atoms with Gasteiger partial charge in [-0.05, 0) is 121 Å². The van der Waals surface area contributed by atoms with Crippen molar-refractivity contribution in [1.29, 1.82) is 0 Å². The number of tetrazole rings is 1. The van der Waals surface area contributed by atoms with Crippen molar-refractivity contribution in [3.63, 3.8) is 0 Å². The second-order valence-corrected chi connectivity index (χ2v) is 12.5. The molecule has 0 fully saturated rings. The largest absolute Gasteiger partial charge is 0.451 e. The fraction of sp³-hybridized carbons (Fsp3) is 0.237. The molecule has 3 heterocycles. The molecule has 1 amide bonds. The third kappa shape index (κ3) is 6.22. The smallest absolute Gasteiger partial charge is 0.291 e. The van der Waals surface area contributed by atoms with Crippen molar-refractivity contribution in [1.82, 2.24) is 25.1 Å². The fourth-order valence-corrected chi connectivity index (χ4v) is 6.12. The molecule has 0 atom stereocenters. The van der Waals surface area contributed by atoms with Crippen LogP contribution in [0.4, 0.5) is 5.69 Å². The van der Waals surface area contributed by atoms with E-state index in [2.05, 4.69) is 63.7 Å². The molecule has 0 saturated carbocycles. The Bertz CT molecular complexity index is 2200. The number of carbonyl (C=O) groups excluding carboxylic acids is 1. The van der Waals surface area contributed by atoms with E-state index in [1.807, 2.05) is 38.1 Å². The normalized spacial score (nSPS) is 13.1. The number of amides is 1. The first-order chi connectivity index (χ1) is 22.7. The molecular formula is C38H36N6O3. The molecule has 0 spiro atoms. The van der Waals surface area contributed by atoms with Gasteiger partial charge in [0.25, 0.3) is 5.91 Å². The number of benzene rings is 4. The summed E-state index contributed by atoms with van der Waals surface area (Å²) in [5, 5.41) is 16.6. The molecule has 1 aliphatic rings. The lowest BCUT2D eigenvalue weighted by Gasteiger charge is -2.29. The summed E-state index contributed by atoms with van der Waals surface area (Å²) >= 11 is 0. The lowest BCUT2D eigenvalue weighted by molar-refractivity contribution is 0.0997. The van der Waals surface area contributed by atoms with Gasteiger partial charge in [-0.15, -0.1) is 15.0 Å². The minimum Gasteiger partial charge on any atom is -0.451 e. The first-order valence-corrected chi connectivity index (χ1v) is 15.9. The van der Waals surface area contributed by atoms with E-state index in [0.717, 1.165) is 49.3 Å². The lowest BCUT2D eigenvalue weighted by Crippen LogP contribution is -2.32. The highest BCUT2D eigenvalue weighted by Gasteiger charge is 2.20. The average molecular weight is 625 g/mol. The van der Waals surface area contributed by atoms with Crippen LogP contribution in [0.2, 0.25) is 0 Å². The predicted molar refractivity (Wildman–Crippen MR) is 183 cm³/mol. The Morgan fingerprint density at radius 2 is 1.60 bits per heavy atom. The summed E-state index contributed by atoms with van der Waals surface area (Å²) in [6, 6.07) is 24.8. The number of rotatable bonds is 7. The van der Waals surface area contributed by atoms with Crippen molar-refractivity contribution in [2.75, 3.05) is 18.4 Å². The van der Waals surface area contributed by atoms with Crippen LogP contribution in [-0.2, 0) is 19.4 Å². The van der Waals surface area contributed by atoms with E-state index in [1.54, 1.807) is 24.3 Å². The predicted octanol–water partition coefficient (Wildman–Crippen LogP) is 6.52. The SMILES string of the molecule is Cc1cc2c(cc1C)CN(CCc1ccc(-n3nnc(-c4cc(C)c(C)cc4NC(=O)c4cc(=O)c5ccccc5o4)n3)cc1)CC2. The highest BCUT2D eigenvalue weighted by Crippen LogP contribution is 2.30. The topological polar surface area (TPSA) is 106 Å². The fourth-order valence-electron chi connectivity index (χ4n) is 6.12. The van der Waals surface area contributed by atoms with E-state index in [0.29, 0.717) is 28.0 Å². The summed E-state index contributed by atoms with van der Waals surface area (Å²) in [5.41, 5.74) is 10.9. The molecule has 0 radical (unpaired) electrons. The Kier molecular flexibility index (Phi) is 7.99. The number of anilines is 1. The molecule has 0 aliphatic carbocycles. The molecule has 2 aromatic heterocycles. The zero-order valence-electron chi connectivity index (χ0n) is 27.0. The Morgan fingerprint density at radius 3 is 2.40 bits per heavy atom. The van der Waals surface area contributed by atoms with Gasteiger partial charge in [0.2, 0.25) is 5.82 Å². The van der Waals surface area contributed by atoms with Crippen molar-refractivity contribution in [3.8, 4) is 17.1 Å². The first-order valence-electron chi connectivity index (χ1n) is 15.9. The summed E-state index contributed by atoms with van der Waals surface area (Å²) in [6.07, 6.45) is 2.06. The molecule has 47 heavy (non-hydrogen) atoms. The van der Waals surface area contributed by atoms with Gasteiger partial charge in [-0.2, -0.15) is 0 Å². The number of hydrogen-bond donors (Lipinski definition) is 1. The standard InChI is InChI=1S/C38H36N6O3/c1-23-17-28-14-16-43(22-29(28)18-24(23)2)15-13-27-9-11-30(12-10-27)44-41-37(40-42-44)32-19-25(3)26(4)20-33(32)39-38(46)36-21-34(45)31-7-5-6-8-35(31)47-36/h5-12,17-21H,13-16,22H2,1-4H3,(H,39,46). The summed E-state index contributed by atoms with van der Waals surface area (Å²) < 4.78 is 5.76. The summed E-state index contributed by atoms with van der Waals surface area (Å²) in [4.78, 5) is 29.9. The first kappa shape index (κ1) is 30.3. The number of aryl methyl sites for hydroxylation is 4. The van der Waals surface area contributed by atoms with Crippen molar-refractivity contribution < 1.29 is 9.21 Å². The van der Waals surface area contributed by atoms with E-state index in [1.165, 1.54) is 38.7 Å². The molecule has 236 valence electrons. The Balaban J connectivity index is 1.06. The number of aromatic nitrogens is 4. The third-order valence-corrected chi connectivity index (χ3v) is 9.19. The van der Waals surface area contributed by atoms with E-state index in [4.69, 9.17) is 4.42 Å². The molecule has 1 N–H and O–H groups in total. The number of carbonyl (C=O) groups is 1. The van der Waals surface area contributed by atoms with Crippen LogP contribution in [0.15, 0.2) is 88.1 Å². The van der Waals surface area contributed by atoms with Crippen LogP contribution in [0.3, 0.4) is 0 Å². The molecular weight excluding hydrogens is 588 g/mol. The molecule has 0 bridgehead atoms. The zero-order chi connectivity index (χ0) is 32.7. The van der Waals surface area contributed by atoms with Crippen LogP contribution in [0.25, 0.3) is 28.0 Å². The molecule has 9 nitrogen and oxygen atoms in total. The molecule has 7 rings (SSSR count). The van der Waals surface area contributed by atoms with E-state index >= 15 is 0 Å². The van der Waals surface area contributed by atoms with Crippen LogP contribution in [-0.4, -0.2) is 44.1 Å². The van der Waals surface area contributed by atoms with Gasteiger partial charge in [-0.25, -0.2) is 0 Å². The van der Waals surface area contributed by atoms with E-state index in [9.17, 15) is 9.59 Å². The second kappa shape index (κ2) is 12.4. The van der Waals surface area contributed by atoms with Gasteiger partial charge >= 0.3 is 0 Å². The lowest BCUT2D eigenvalue weighted by atomic mass is 9.94. The Labute approximate surface area is 272 Å². The minimum absolute atomic E-state index is 0.0788. The second-order valence-electron chi connectivity index (χ2n) is 12.5. The zero-order valence-corrected chi connectivity index (χ0v) is 27.0. The maximum absolute atomic E-state index is 13.3. The quantitative estimate of drug-likeness (QED) is 0.216. The Morgan fingerprint density at radius 1 is 0.872 bits per heavy atom. The van der Waals surface area contributed by atoms with Crippen LogP contribution in [0.5, 0.6) is 0 Å². The molecule has 0 saturated heterocycles.